The lowest BCUT2D eigenvalue weighted by atomic mass is 10.3. The Labute approximate surface area is 114 Å². The van der Waals surface area contributed by atoms with E-state index in [1.165, 1.54) is 16.2 Å². The summed E-state index contributed by atoms with van der Waals surface area (Å²) in [6, 6.07) is 0. The third-order valence-corrected chi connectivity index (χ3v) is 5.58. The summed E-state index contributed by atoms with van der Waals surface area (Å²) in [7, 11) is -2.99. The fraction of sp³-hybridized carbons (Fsp3) is 0.750. The molecule has 0 aliphatic carbocycles. The second-order valence-electron chi connectivity index (χ2n) is 4.20. The molecule has 4 nitrogen and oxygen atoms in total. The molecule has 0 saturated heterocycles. The number of sulfone groups is 1. The van der Waals surface area contributed by atoms with Gasteiger partial charge < -0.3 is 5.32 Å². The zero-order valence-electron chi connectivity index (χ0n) is 11.3. The number of aromatic nitrogens is 1. The van der Waals surface area contributed by atoms with E-state index < -0.39 is 9.84 Å². The van der Waals surface area contributed by atoms with Gasteiger partial charge in [0.15, 0.2) is 9.84 Å². The van der Waals surface area contributed by atoms with E-state index >= 15 is 0 Å². The predicted molar refractivity (Wildman–Crippen MR) is 76.7 cm³/mol. The van der Waals surface area contributed by atoms with Crippen LogP contribution >= 0.6 is 11.3 Å². The van der Waals surface area contributed by atoms with Gasteiger partial charge in [-0.05, 0) is 19.4 Å². The summed E-state index contributed by atoms with van der Waals surface area (Å²) in [5.74, 6) is 0.335. The van der Waals surface area contributed by atoms with Crippen LogP contribution in [0, 0.1) is 0 Å². The van der Waals surface area contributed by atoms with Crippen LogP contribution in [-0.4, -0.2) is 25.7 Å². The highest BCUT2D eigenvalue weighted by atomic mass is 32.2. The van der Waals surface area contributed by atoms with Gasteiger partial charge in [0.25, 0.3) is 0 Å². The van der Waals surface area contributed by atoms with E-state index in [1.54, 1.807) is 0 Å². The molecule has 1 rings (SSSR count). The molecule has 0 atom stereocenters. The van der Waals surface area contributed by atoms with Gasteiger partial charge in [0.1, 0.15) is 10.8 Å². The van der Waals surface area contributed by atoms with Crippen molar-refractivity contribution in [2.75, 3.05) is 12.3 Å². The van der Waals surface area contributed by atoms with Crippen LogP contribution in [0.1, 0.15) is 42.8 Å². The first-order valence-corrected chi connectivity index (χ1v) is 9.04. The minimum absolute atomic E-state index is 0.0879. The van der Waals surface area contributed by atoms with Crippen LogP contribution < -0.4 is 5.32 Å². The minimum Gasteiger partial charge on any atom is -0.312 e. The average Bonchev–Trinajstić information content (AvgIpc) is 2.67. The molecular formula is C12H22N2O2S2. The minimum atomic E-state index is -2.99. The largest absolute Gasteiger partial charge is 0.312 e. The predicted octanol–water partition coefficient (Wildman–Crippen LogP) is 2.14. The summed E-state index contributed by atoms with van der Waals surface area (Å²) >= 11 is 1.52. The van der Waals surface area contributed by atoms with E-state index in [9.17, 15) is 8.42 Å². The molecule has 0 aliphatic rings. The molecule has 104 valence electrons. The number of nitrogens with one attached hydrogen (secondary N) is 1. The Hall–Kier alpha value is -0.460. The number of rotatable bonds is 8. The first kappa shape index (κ1) is 15.6. The zero-order valence-corrected chi connectivity index (χ0v) is 13.0. The summed E-state index contributed by atoms with van der Waals surface area (Å²) in [6.45, 7) is 7.68. The first-order chi connectivity index (χ1) is 8.52. The molecule has 0 spiro atoms. The summed E-state index contributed by atoms with van der Waals surface area (Å²) in [4.78, 5) is 5.62. The van der Waals surface area contributed by atoms with Gasteiger partial charge in [0, 0.05) is 11.4 Å². The lowest BCUT2D eigenvalue weighted by Crippen LogP contribution is -2.11. The molecule has 18 heavy (non-hydrogen) atoms. The van der Waals surface area contributed by atoms with E-state index in [-0.39, 0.29) is 11.5 Å². The van der Waals surface area contributed by atoms with Gasteiger partial charge in [0.05, 0.1) is 11.4 Å². The third kappa shape index (κ3) is 4.66. The SMILES string of the molecule is CCCS(=O)(=O)Cc1nc(CC)c(CNCC)s1. The molecule has 0 aliphatic heterocycles. The third-order valence-electron chi connectivity index (χ3n) is 2.55. The Kier molecular flexibility index (Phi) is 6.25. The monoisotopic (exact) mass is 290 g/mol. The van der Waals surface area contributed by atoms with Gasteiger partial charge in [-0.1, -0.05) is 20.8 Å². The van der Waals surface area contributed by atoms with Crippen molar-refractivity contribution < 1.29 is 8.42 Å². The summed E-state index contributed by atoms with van der Waals surface area (Å²) in [5.41, 5.74) is 1.03. The van der Waals surface area contributed by atoms with Crippen molar-refractivity contribution in [1.82, 2.24) is 10.3 Å². The molecule has 0 bridgehead atoms. The summed E-state index contributed by atoms with van der Waals surface area (Å²) in [6.07, 6.45) is 1.52. The molecule has 0 radical (unpaired) electrons. The van der Waals surface area contributed by atoms with Gasteiger partial charge in [-0.3, -0.25) is 0 Å². The quantitative estimate of drug-likeness (QED) is 0.797. The number of hydrogen-bond acceptors (Lipinski definition) is 5. The molecule has 6 heteroatoms. The standard InChI is InChI=1S/C12H22N2O2S2/c1-4-7-18(15,16)9-12-14-10(5-2)11(17-12)8-13-6-3/h13H,4-9H2,1-3H3. The van der Waals surface area contributed by atoms with E-state index in [2.05, 4.69) is 24.1 Å². The van der Waals surface area contributed by atoms with Crippen LogP contribution in [0.5, 0.6) is 0 Å². The highest BCUT2D eigenvalue weighted by molar-refractivity contribution is 7.90. The number of nitrogens with zero attached hydrogens (tertiary/aromatic N) is 1. The van der Waals surface area contributed by atoms with Gasteiger partial charge >= 0.3 is 0 Å². The van der Waals surface area contributed by atoms with Crippen molar-refractivity contribution in [3.8, 4) is 0 Å². The lowest BCUT2D eigenvalue weighted by molar-refractivity contribution is 0.593. The Morgan fingerprint density at radius 1 is 1.28 bits per heavy atom. The molecule has 1 aromatic heterocycles. The smallest absolute Gasteiger partial charge is 0.156 e. The highest BCUT2D eigenvalue weighted by Crippen LogP contribution is 2.21. The van der Waals surface area contributed by atoms with E-state index in [4.69, 9.17) is 0 Å². The molecule has 0 unspecified atom stereocenters. The highest BCUT2D eigenvalue weighted by Gasteiger charge is 2.16. The van der Waals surface area contributed by atoms with Crippen molar-refractivity contribution in [2.45, 2.75) is 45.9 Å². The Morgan fingerprint density at radius 2 is 2.00 bits per heavy atom. The van der Waals surface area contributed by atoms with Crippen molar-refractivity contribution in [1.29, 1.82) is 0 Å². The summed E-state index contributed by atoms with van der Waals surface area (Å²) in [5, 5.41) is 3.99. The molecule has 1 N–H and O–H groups in total. The van der Waals surface area contributed by atoms with Crippen molar-refractivity contribution in [3.63, 3.8) is 0 Å². The van der Waals surface area contributed by atoms with Crippen molar-refractivity contribution in [3.05, 3.63) is 15.6 Å². The summed E-state index contributed by atoms with van der Waals surface area (Å²) < 4.78 is 23.5. The van der Waals surface area contributed by atoms with Crippen LogP contribution in [-0.2, 0) is 28.6 Å². The zero-order chi connectivity index (χ0) is 13.6. The Balaban J connectivity index is 2.81. The van der Waals surface area contributed by atoms with Crippen LogP contribution in [0.2, 0.25) is 0 Å². The maximum atomic E-state index is 11.8. The molecule has 0 amide bonds. The van der Waals surface area contributed by atoms with Crippen LogP contribution in [0.15, 0.2) is 0 Å². The lowest BCUT2D eigenvalue weighted by Gasteiger charge is -1.99. The molecule has 0 fully saturated rings. The van der Waals surface area contributed by atoms with E-state index in [0.717, 1.165) is 30.2 Å². The molecule has 1 heterocycles. The van der Waals surface area contributed by atoms with Crippen LogP contribution in [0.4, 0.5) is 0 Å². The van der Waals surface area contributed by atoms with Crippen LogP contribution in [0.25, 0.3) is 0 Å². The first-order valence-electron chi connectivity index (χ1n) is 6.41. The van der Waals surface area contributed by atoms with E-state index in [0.29, 0.717) is 6.42 Å². The average molecular weight is 290 g/mol. The number of hydrogen-bond donors (Lipinski definition) is 1. The number of aryl methyl sites for hydroxylation is 1. The van der Waals surface area contributed by atoms with Gasteiger partial charge in [0.2, 0.25) is 0 Å². The Bertz CT molecular complexity index is 466. The normalized spacial score (nSPS) is 11.9. The van der Waals surface area contributed by atoms with Crippen molar-refractivity contribution in [2.24, 2.45) is 0 Å². The Morgan fingerprint density at radius 3 is 2.56 bits per heavy atom. The van der Waals surface area contributed by atoms with Gasteiger partial charge in [-0.2, -0.15) is 0 Å². The van der Waals surface area contributed by atoms with E-state index in [1.807, 2.05) is 6.92 Å². The maximum Gasteiger partial charge on any atom is 0.156 e. The van der Waals surface area contributed by atoms with Gasteiger partial charge in [-0.25, -0.2) is 13.4 Å². The van der Waals surface area contributed by atoms with Crippen LogP contribution in [0.3, 0.4) is 0 Å². The van der Waals surface area contributed by atoms with Crippen molar-refractivity contribution >= 4 is 21.2 Å². The fourth-order valence-electron chi connectivity index (χ4n) is 1.72. The topological polar surface area (TPSA) is 59.1 Å². The molecule has 1 aromatic rings. The molecule has 0 aromatic carbocycles. The second kappa shape index (κ2) is 7.21. The van der Waals surface area contributed by atoms with Gasteiger partial charge in [-0.15, -0.1) is 11.3 Å². The molecule has 0 saturated carbocycles. The second-order valence-corrected chi connectivity index (χ2v) is 7.56. The maximum absolute atomic E-state index is 11.8. The number of thiazole rings is 1. The fourth-order valence-corrected chi connectivity index (χ4v) is 4.63. The molecular weight excluding hydrogens is 268 g/mol.